The molecule has 0 unspecified atom stereocenters. The molecule has 1 aromatic heterocycles. The van der Waals surface area contributed by atoms with Gasteiger partial charge in [-0.15, -0.1) is 23.1 Å². The standard InChI is InChI=1S/C14H14OS2/c1-10-3-5-12(6-4-10)17-9-13(15)14-11(2)7-8-16-14/h3-8H,9H2,1-2H3. The number of aryl methyl sites for hydroxylation is 2. The van der Waals surface area contributed by atoms with Gasteiger partial charge in [0.15, 0.2) is 5.78 Å². The zero-order valence-corrected chi connectivity index (χ0v) is 11.5. The fourth-order valence-corrected chi connectivity index (χ4v) is 3.24. The molecule has 0 aliphatic carbocycles. The van der Waals surface area contributed by atoms with Crippen molar-refractivity contribution in [2.24, 2.45) is 0 Å². The fourth-order valence-electron chi connectivity index (χ4n) is 1.51. The van der Waals surface area contributed by atoms with Gasteiger partial charge in [0.25, 0.3) is 0 Å². The minimum atomic E-state index is 0.225. The van der Waals surface area contributed by atoms with Gasteiger partial charge in [-0.3, -0.25) is 4.79 Å². The van der Waals surface area contributed by atoms with E-state index in [9.17, 15) is 4.79 Å². The summed E-state index contributed by atoms with van der Waals surface area (Å²) in [5, 5.41) is 1.97. The molecule has 0 atom stereocenters. The average Bonchev–Trinajstić information content (AvgIpc) is 2.74. The first-order valence-corrected chi connectivity index (χ1v) is 7.30. The van der Waals surface area contributed by atoms with Crippen LogP contribution in [0.3, 0.4) is 0 Å². The van der Waals surface area contributed by atoms with Gasteiger partial charge < -0.3 is 0 Å². The number of thiophene rings is 1. The van der Waals surface area contributed by atoms with E-state index in [1.165, 1.54) is 16.9 Å². The predicted molar refractivity (Wildman–Crippen MR) is 75.3 cm³/mol. The van der Waals surface area contributed by atoms with Crippen molar-refractivity contribution in [2.45, 2.75) is 18.7 Å². The fraction of sp³-hybridized carbons (Fsp3) is 0.214. The molecule has 0 fully saturated rings. The molecule has 1 heterocycles. The molecule has 0 N–H and O–H groups in total. The maximum atomic E-state index is 12.0. The molecule has 88 valence electrons. The highest BCUT2D eigenvalue weighted by Gasteiger charge is 2.10. The second-order valence-corrected chi connectivity index (χ2v) is 5.92. The van der Waals surface area contributed by atoms with Crippen LogP contribution in [0.1, 0.15) is 20.8 Å². The predicted octanol–water partition coefficient (Wildman–Crippen LogP) is 4.34. The Kier molecular flexibility index (Phi) is 4.02. The normalized spacial score (nSPS) is 10.5. The molecule has 0 saturated heterocycles. The first-order valence-electron chi connectivity index (χ1n) is 5.43. The van der Waals surface area contributed by atoms with Crippen molar-refractivity contribution in [2.75, 3.05) is 5.75 Å². The van der Waals surface area contributed by atoms with Gasteiger partial charge in [0.2, 0.25) is 0 Å². The molecule has 0 aliphatic heterocycles. The number of thioether (sulfide) groups is 1. The molecule has 1 aromatic carbocycles. The van der Waals surface area contributed by atoms with E-state index in [0.29, 0.717) is 5.75 Å². The number of carbonyl (C=O) groups excluding carboxylic acids is 1. The maximum absolute atomic E-state index is 12.0. The molecule has 0 aliphatic rings. The smallest absolute Gasteiger partial charge is 0.183 e. The topological polar surface area (TPSA) is 17.1 Å². The number of hydrogen-bond donors (Lipinski definition) is 0. The zero-order valence-electron chi connectivity index (χ0n) is 9.90. The van der Waals surface area contributed by atoms with Gasteiger partial charge in [0.05, 0.1) is 10.6 Å². The molecular formula is C14H14OS2. The summed E-state index contributed by atoms with van der Waals surface area (Å²) in [5.74, 6) is 0.743. The van der Waals surface area contributed by atoms with Crippen LogP contribution in [-0.4, -0.2) is 11.5 Å². The zero-order chi connectivity index (χ0) is 12.3. The highest BCUT2D eigenvalue weighted by atomic mass is 32.2. The van der Waals surface area contributed by atoms with E-state index in [0.717, 1.165) is 15.3 Å². The van der Waals surface area contributed by atoms with Crippen LogP contribution in [0.5, 0.6) is 0 Å². The lowest BCUT2D eigenvalue weighted by Crippen LogP contribution is -2.01. The number of ketones is 1. The molecule has 0 amide bonds. The summed E-state index contributed by atoms with van der Waals surface area (Å²) < 4.78 is 0. The SMILES string of the molecule is Cc1ccc(SCC(=O)c2sccc2C)cc1. The molecule has 17 heavy (non-hydrogen) atoms. The summed E-state index contributed by atoms with van der Waals surface area (Å²) in [7, 11) is 0. The Labute approximate surface area is 110 Å². The van der Waals surface area contributed by atoms with Crippen LogP contribution in [0.25, 0.3) is 0 Å². The Balaban J connectivity index is 1.97. The van der Waals surface area contributed by atoms with Crippen molar-refractivity contribution >= 4 is 28.9 Å². The van der Waals surface area contributed by atoms with E-state index in [4.69, 9.17) is 0 Å². The molecule has 3 heteroatoms. The number of hydrogen-bond acceptors (Lipinski definition) is 3. The number of benzene rings is 1. The van der Waals surface area contributed by atoms with Crippen LogP contribution in [-0.2, 0) is 0 Å². The van der Waals surface area contributed by atoms with Crippen molar-refractivity contribution in [1.29, 1.82) is 0 Å². The first kappa shape index (κ1) is 12.4. The van der Waals surface area contributed by atoms with E-state index < -0.39 is 0 Å². The van der Waals surface area contributed by atoms with Crippen molar-refractivity contribution in [3.8, 4) is 0 Å². The van der Waals surface area contributed by atoms with Crippen LogP contribution in [0.2, 0.25) is 0 Å². The van der Waals surface area contributed by atoms with Gasteiger partial charge in [-0.1, -0.05) is 17.7 Å². The van der Waals surface area contributed by atoms with E-state index in [1.807, 2.05) is 18.4 Å². The van der Waals surface area contributed by atoms with E-state index in [-0.39, 0.29) is 5.78 Å². The Morgan fingerprint density at radius 1 is 1.18 bits per heavy atom. The van der Waals surface area contributed by atoms with Crippen LogP contribution in [0.4, 0.5) is 0 Å². The summed E-state index contributed by atoms with van der Waals surface area (Å²) in [6, 6.07) is 10.3. The Morgan fingerprint density at radius 3 is 2.47 bits per heavy atom. The molecule has 0 saturated carbocycles. The van der Waals surface area contributed by atoms with Crippen molar-refractivity contribution in [1.82, 2.24) is 0 Å². The van der Waals surface area contributed by atoms with Crippen LogP contribution >= 0.6 is 23.1 Å². The molecule has 2 rings (SSSR count). The van der Waals surface area contributed by atoms with E-state index in [1.54, 1.807) is 11.8 Å². The minimum absolute atomic E-state index is 0.225. The molecule has 2 aromatic rings. The minimum Gasteiger partial charge on any atom is -0.292 e. The van der Waals surface area contributed by atoms with E-state index >= 15 is 0 Å². The Morgan fingerprint density at radius 2 is 1.88 bits per heavy atom. The monoisotopic (exact) mass is 262 g/mol. The summed E-state index contributed by atoms with van der Waals surface area (Å²) >= 11 is 3.13. The van der Waals surface area contributed by atoms with Crippen LogP contribution < -0.4 is 0 Å². The van der Waals surface area contributed by atoms with Gasteiger partial charge in [0, 0.05) is 4.90 Å². The van der Waals surface area contributed by atoms with Crippen LogP contribution in [0.15, 0.2) is 40.6 Å². The summed E-state index contributed by atoms with van der Waals surface area (Å²) in [6.45, 7) is 4.05. The summed E-state index contributed by atoms with van der Waals surface area (Å²) in [6.07, 6.45) is 0. The largest absolute Gasteiger partial charge is 0.292 e. The van der Waals surface area contributed by atoms with Crippen molar-refractivity contribution in [3.63, 3.8) is 0 Å². The van der Waals surface area contributed by atoms with Crippen molar-refractivity contribution < 1.29 is 4.79 Å². The number of Topliss-reactive ketones (excluding diaryl/α,β-unsaturated/α-hetero) is 1. The lowest BCUT2D eigenvalue weighted by Gasteiger charge is -2.01. The summed E-state index contributed by atoms with van der Waals surface area (Å²) in [5.41, 5.74) is 2.33. The lowest BCUT2D eigenvalue weighted by molar-refractivity contribution is 0.102. The van der Waals surface area contributed by atoms with Crippen molar-refractivity contribution in [3.05, 3.63) is 51.7 Å². The third-order valence-electron chi connectivity index (χ3n) is 2.51. The Bertz CT molecular complexity index is 511. The van der Waals surface area contributed by atoms with E-state index in [2.05, 4.69) is 31.2 Å². The maximum Gasteiger partial charge on any atom is 0.183 e. The molecule has 1 nitrogen and oxygen atoms in total. The number of rotatable bonds is 4. The third-order valence-corrected chi connectivity index (χ3v) is 4.58. The molecule has 0 spiro atoms. The highest BCUT2D eigenvalue weighted by Crippen LogP contribution is 2.22. The molecule has 0 radical (unpaired) electrons. The molecule has 0 bridgehead atoms. The first-order chi connectivity index (χ1) is 8.16. The van der Waals surface area contributed by atoms with Gasteiger partial charge in [-0.2, -0.15) is 0 Å². The van der Waals surface area contributed by atoms with Gasteiger partial charge in [-0.05, 0) is 43.0 Å². The second kappa shape index (κ2) is 5.52. The number of carbonyl (C=O) groups is 1. The quantitative estimate of drug-likeness (QED) is 0.602. The Hall–Kier alpha value is -1.06. The highest BCUT2D eigenvalue weighted by molar-refractivity contribution is 8.00. The second-order valence-electron chi connectivity index (χ2n) is 3.96. The third kappa shape index (κ3) is 3.20. The lowest BCUT2D eigenvalue weighted by atomic mass is 10.2. The van der Waals surface area contributed by atoms with Crippen LogP contribution in [0, 0.1) is 13.8 Å². The summed E-state index contributed by atoms with van der Waals surface area (Å²) in [4.78, 5) is 14.0. The van der Waals surface area contributed by atoms with Gasteiger partial charge >= 0.3 is 0 Å². The average molecular weight is 262 g/mol. The molecular weight excluding hydrogens is 248 g/mol. The van der Waals surface area contributed by atoms with Gasteiger partial charge in [0.1, 0.15) is 0 Å². The van der Waals surface area contributed by atoms with Gasteiger partial charge in [-0.25, -0.2) is 0 Å².